The van der Waals surface area contributed by atoms with E-state index in [9.17, 15) is 4.79 Å². The van der Waals surface area contributed by atoms with Crippen LogP contribution < -0.4 is 5.73 Å². The monoisotopic (exact) mass is 290 g/mol. The summed E-state index contributed by atoms with van der Waals surface area (Å²) in [4.78, 5) is 16.7. The smallest absolute Gasteiger partial charge is 0.253 e. The highest BCUT2D eigenvalue weighted by molar-refractivity contribution is 5.99. The van der Waals surface area contributed by atoms with Crippen molar-refractivity contribution in [3.63, 3.8) is 0 Å². The largest absolute Gasteiger partial charge is 0.409 e. The van der Waals surface area contributed by atoms with Crippen LogP contribution >= 0.6 is 0 Å². The predicted octanol–water partition coefficient (Wildman–Crippen LogP) is 0.947. The van der Waals surface area contributed by atoms with Crippen molar-refractivity contribution >= 4 is 11.7 Å². The number of amidine groups is 1. The molecule has 0 aromatic heterocycles. The number of oxime groups is 1. The minimum Gasteiger partial charge on any atom is -0.409 e. The second-order valence-electron chi connectivity index (χ2n) is 5.36. The fourth-order valence-corrected chi connectivity index (χ4v) is 2.60. The van der Waals surface area contributed by atoms with Crippen LogP contribution in [0, 0.1) is 0 Å². The Balaban J connectivity index is 2.09. The Morgan fingerprint density at radius 2 is 1.95 bits per heavy atom. The number of nitrogens with two attached hydrogens (primary N) is 1. The second-order valence-corrected chi connectivity index (χ2v) is 5.36. The van der Waals surface area contributed by atoms with Crippen LogP contribution in [0.25, 0.3) is 0 Å². The van der Waals surface area contributed by atoms with E-state index in [0.717, 1.165) is 26.1 Å². The molecule has 6 heteroatoms. The maximum atomic E-state index is 12.5. The van der Waals surface area contributed by atoms with Gasteiger partial charge in [0.05, 0.1) is 0 Å². The number of nitrogens with zero attached hydrogens (tertiary/aromatic N) is 3. The van der Waals surface area contributed by atoms with Gasteiger partial charge in [-0.2, -0.15) is 0 Å². The zero-order valence-electron chi connectivity index (χ0n) is 12.5. The molecule has 114 valence electrons. The van der Waals surface area contributed by atoms with Crippen LogP contribution in [-0.2, 0) is 0 Å². The van der Waals surface area contributed by atoms with Crippen LogP contribution in [0.2, 0.25) is 0 Å². The number of hydrogen-bond donors (Lipinski definition) is 2. The first-order valence-electron chi connectivity index (χ1n) is 7.14. The molecule has 0 bridgehead atoms. The lowest BCUT2D eigenvalue weighted by atomic mass is 10.1. The molecule has 1 aromatic rings. The van der Waals surface area contributed by atoms with Crippen molar-refractivity contribution in [1.29, 1.82) is 0 Å². The van der Waals surface area contributed by atoms with E-state index in [1.807, 2.05) is 4.90 Å². The third-order valence-corrected chi connectivity index (χ3v) is 4.07. The normalized spacial score (nSPS) is 20.6. The third-order valence-electron chi connectivity index (χ3n) is 4.07. The Bertz CT molecular complexity index is 527. The van der Waals surface area contributed by atoms with Gasteiger partial charge in [-0.1, -0.05) is 24.2 Å². The van der Waals surface area contributed by atoms with Gasteiger partial charge in [0.1, 0.15) is 0 Å². The van der Waals surface area contributed by atoms with Crippen molar-refractivity contribution in [2.75, 3.05) is 26.7 Å². The second kappa shape index (κ2) is 6.58. The first kappa shape index (κ1) is 15.3. The molecule has 1 aliphatic heterocycles. The lowest BCUT2D eigenvalue weighted by molar-refractivity contribution is 0.0542. The van der Waals surface area contributed by atoms with Gasteiger partial charge < -0.3 is 15.8 Å². The number of carbonyl (C=O) groups excluding carboxylic acids is 1. The molecule has 1 aromatic carbocycles. The standard InChI is InChI=1S/C15H22N4O2/c1-3-13-10-19(9-8-18(13)2)15(20)12-6-4-11(5-7-12)14(16)17-21/h4-7,13,21H,3,8-10H2,1-2H3,(H2,16,17). The minimum atomic E-state index is 0.0348. The van der Waals surface area contributed by atoms with E-state index in [1.165, 1.54) is 0 Å². The van der Waals surface area contributed by atoms with Gasteiger partial charge in [-0.3, -0.25) is 9.69 Å². The molecular weight excluding hydrogens is 268 g/mol. The van der Waals surface area contributed by atoms with E-state index in [1.54, 1.807) is 24.3 Å². The Kier molecular flexibility index (Phi) is 4.80. The van der Waals surface area contributed by atoms with Crippen molar-refractivity contribution < 1.29 is 10.0 Å². The number of rotatable bonds is 3. The molecule has 1 fully saturated rings. The predicted molar refractivity (Wildman–Crippen MR) is 81.6 cm³/mol. The molecular formula is C15H22N4O2. The van der Waals surface area contributed by atoms with Gasteiger partial charge in [0, 0.05) is 36.8 Å². The number of carbonyl (C=O) groups is 1. The first-order chi connectivity index (χ1) is 10.1. The average Bonchev–Trinajstić information content (AvgIpc) is 2.54. The molecule has 1 unspecified atom stereocenters. The van der Waals surface area contributed by atoms with Crippen LogP contribution in [0.5, 0.6) is 0 Å². The summed E-state index contributed by atoms with van der Waals surface area (Å²) in [5.74, 6) is 0.0762. The number of benzene rings is 1. The minimum absolute atomic E-state index is 0.0348. The van der Waals surface area contributed by atoms with Crippen molar-refractivity contribution in [3.05, 3.63) is 35.4 Å². The molecule has 0 aliphatic carbocycles. The van der Waals surface area contributed by atoms with Crippen LogP contribution in [0.3, 0.4) is 0 Å². The first-order valence-corrected chi connectivity index (χ1v) is 7.14. The molecule has 1 heterocycles. The average molecular weight is 290 g/mol. The summed E-state index contributed by atoms with van der Waals surface area (Å²) in [6.45, 7) is 4.54. The van der Waals surface area contributed by atoms with Crippen molar-refractivity contribution in [3.8, 4) is 0 Å². The highest BCUT2D eigenvalue weighted by Gasteiger charge is 2.26. The van der Waals surface area contributed by atoms with Crippen molar-refractivity contribution in [1.82, 2.24) is 9.80 Å². The zero-order valence-corrected chi connectivity index (χ0v) is 12.5. The van der Waals surface area contributed by atoms with Gasteiger partial charge in [-0.25, -0.2) is 0 Å². The molecule has 1 saturated heterocycles. The van der Waals surface area contributed by atoms with E-state index in [2.05, 4.69) is 24.0 Å². The summed E-state index contributed by atoms with van der Waals surface area (Å²) in [5.41, 5.74) is 6.74. The van der Waals surface area contributed by atoms with E-state index in [4.69, 9.17) is 10.9 Å². The topological polar surface area (TPSA) is 82.2 Å². The summed E-state index contributed by atoms with van der Waals surface area (Å²) in [5, 5.41) is 11.6. The van der Waals surface area contributed by atoms with Gasteiger partial charge in [-0.05, 0) is 25.6 Å². The van der Waals surface area contributed by atoms with E-state index < -0.39 is 0 Å². The molecule has 3 N–H and O–H groups in total. The molecule has 0 radical (unpaired) electrons. The van der Waals surface area contributed by atoms with Gasteiger partial charge in [0.15, 0.2) is 5.84 Å². The number of piperazine rings is 1. The van der Waals surface area contributed by atoms with E-state index >= 15 is 0 Å². The van der Waals surface area contributed by atoms with Gasteiger partial charge in [0.25, 0.3) is 5.91 Å². The van der Waals surface area contributed by atoms with E-state index in [-0.39, 0.29) is 11.7 Å². The quantitative estimate of drug-likeness (QED) is 0.376. The highest BCUT2D eigenvalue weighted by Crippen LogP contribution is 2.14. The lowest BCUT2D eigenvalue weighted by Crippen LogP contribution is -2.52. The molecule has 1 atom stereocenters. The number of amides is 1. The molecule has 1 amide bonds. The summed E-state index contributed by atoms with van der Waals surface area (Å²) in [6.07, 6.45) is 1.03. The Hall–Kier alpha value is -2.08. The maximum Gasteiger partial charge on any atom is 0.253 e. The molecule has 2 rings (SSSR count). The van der Waals surface area contributed by atoms with Crippen molar-refractivity contribution in [2.45, 2.75) is 19.4 Å². The molecule has 0 saturated carbocycles. The van der Waals surface area contributed by atoms with Gasteiger partial charge in [-0.15, -0.1) is 0 Å². The van der Waals surface area contributed by atoms with E-state index in [0.29, 0.717) is 17.2 Å². The fraction of sp³-hybridized carbons (Fsp3) is 0.467. The molecule has 6 nitrogen and oxygen atoms in total. The molecule has 1 aliphatic rings. The Morgan fingerprint density at radius 3 is 2.52 bits per heavy atom. The van der Waals surface area contributed by atoms with Crippen LogP contribution in [-0.4, -0.2) is 59.5 Å². The van der Waals surface area contributed by atoms with Crippen LogP contribution in [0.15, 0.2) is 29.4 Å². The molecule has 0 spiro atoms. The fourth-order valence-electron chi connectivity index (χ4n) is 2.60. The third kappa shape index (κ3) is 3.33. The van der Waals surface area contributed by atoms with Crippen LogP contribution in [0.4, 0.5) is 0 Å². The summed E-state index contributed by atoms with van der Waals surface area (Å²) in [7, 11) is 2.10. The Morgan fingerprint density at radius 1 is 1.33 bits per heavy atom. The van der Waals surface area contributed by atoms with Crippen LogP contribution in [0.1, 0.15) is 29.3 Å². The molecule has 21 heavy (non-hydrogen) atoms. The highest BCUT2D eigenvalue weighted by atomic mass is 16.4. The van der Waals surface area contributed by atoms with Gasteiger partial charge >= 0.3 is 0 Å². The zero-order chi connectivity index (χ0) is 15.4. The number of hydrogen-bond acceptors (Lipinski definition) is 4. The van der Waals surface area contributed by atoms with Gasteiger partial charge in [0.2, 0.25) is 0 Å². The summed E-state index contributed by atoms with van der Waals surface area (Å²) in [6, 6.07) is 7.23. The number of likely N-dealkylation sites (N-methyl/N-ethyl adjacent to an activating group) is 1. The Labute approximate surface area is 124 Å². The SMILES string of the molecule is CCC1CN(C(=O)c2ccc(C(N)=NO)cc2)CCN1C. The van der Waals surface area contributed by atoms with Crippen molar-refractivity contribution in [2.24, 2.45) is 10.9 Å². The maximum absolute atomic E-state index is 12.5. The lowest BCUT2D eigenvalue weighted by Gasteiger charge is -2.39. The summed E-state index contributed by atoms with van der Waals surface area (Å²) < 4.78 is 0. The summed E-state index contributed by atoms with van der Waals surface area (Å²) >= 11 is 0.